The molecule has 0 atom stereocenters. The number of carbonyl (C=O) groups is 2. The van der Waals surface area contributed by atoms with Crippen LogP contribution in [0.2, 0.25) is 0 Å². The molecule has 0 unspecified atom stereocenters. The van der Waals surface area contributed by atoms with Crippen molar-refractivity contribution in [2.24, 2.45) is 11.8 Å². The van der Waals surface area contributed by atoms with Gasteiger partial charge in [-0.05, 0) is 65.5 Å². The Balaban J connectivity index is 0.000000637. The minimum absolute atomic E-state index is 0.0207. The van der Waals surface area contributed by atoms with Crippen LogP contribution >= 0.6 is 12.6 Å². The lowest BCUT2D eigenvalue weighted by Gasteiger charge is -2.38. The van der Waals surface area contributed by atoms with Gasteiger partial charge in [-0.3, -0.25) is 9.59 Å². The Hall–Kier alpha value is -1.07. The first-order valence-corrected chi connectivity index (χ1v) is 11.3. The summed E-state index contributed by atoms with van der Waals surface area (Å²) in [6, 6.07) is 6.13. The molecule has 2 rings (SSSR count). The van der Waals surface area contributed by atoms with E-state index in [1.54, 1.807) is 7.48 Å². The standard InChI is InChI=1S/C20H32BO2S.C5H8O/c1-13(2)17(22)18(4,5)16-11-10-15(12-14(16)3)21-23-19(6,7)20(8,9)24;1-4-2-5(6)3-4/h10-13,24H,1-9H3;4H,2-3H2,1H3. The maximum absolute atomic E-state index is 12.5. The molecule has 0 bridgehead atoms. The molecule has 0 aromatic heterocycles. The number of benzene rings is 1. The normalized spacial score (nSPS) is 15.4. The van der Waals surface area contributed by atoms with E-state index in [9.17, 15) is 9.59 Å². The van der Waals surface area contributed by atoms with Gasteiger partial charge in [0.1, 0.15) is 11.6 Å². The average molecular weight is 431 g/mol. The largest absolute Gasteiger partial charge is 0.428 e. The maximum atomic E-state index is 12.5. The highest BCUT2D eigenvalue weighted by Crippen LogP contribution is 2.31. The molecule has 0 saturated heterocycles. The second-order valence-electron chi connectivity index (χ2n) is 10.6. The molecule has 1 aliphatic rings. The van der Waals surface area contributed by atoms with E-state index in [1.165, 1.54) is 0 Å². The molecule has 3 nitrogen and oxygen atoms in total. The summed E-state index contributed by atoms with van der Waals surface area (Å²) in [5, 5.41) is 0. The Bertz CT molecular complexity index is 752. The molecule has 1 saturated carbocycles. The lowest BCUT2D eigenvalue weighted by Crippen LogP contribution is -2.45. The molecule has 1 aromatic rings. The van der Waals surface area contributed by atoms with Crippen LogP contribution in [0.15, 0.2) is 18.2 Å². The zero-order valence-electron chi connectivity index (χ0n) is 20.6. The fraction of sp³-hybridized carbons (Fsp3) is 0.680. The average Bonchev–Trinajstić information content (AvgIpc) is 2.57. The number of hydrogen-bond acceptors (Lipinski definition) is 4. The van der Waals surface area contributed by atoms with Crippen molar-refractivity contribution in [3.8, 4) is 0 Å². The molecule has 0 aliphatic heterocycles. The van der Waals surface area contributed by atoms with Gasteiger partial charge in [0.05, 0.1) is 5.60 Å². The molecule has 0 heterocycles. The van der Waals surface area contributed by atoms with Crippen molar-refractivity contribution in [2.45, 2.75) is 97.8 Å². The molecular weight excluding hydrogens is 391 g/mol. The Morgan fingerprint density at radius 2 is 1.67 bits per heavy atom. The second kappa shape index (κ2) is 10.0. The van der Waals surface area contributed by atoms with Crippen LogP contribution in [-0.4, -0.2) is 29.4 Å². The quantitative estimate of drug-likeness (QED) is 0.475. The summed E-state index contributed by atoms with van der Waals surface area (Å²) in [7, 11) is 1.78. The molecule has 0 amide bonds. The lowest BCUT2D eigenvalue weighted by molar-refractivity contribution is -0.127. The first-order chi connectivity index (χ1) is 13.5. The van der Waals surface area contributed by atoms with Gasteiger partial charge < -0.3 is 4.65 Å². The first kappa shape index (κ1) is 27.0. The van der Waals surface area contributed by atoms with Crippen LogP contribution in [0.5, 0.6) is 0 Å². The van der Waals surface area contributed by atoms with Gasteiger partial charge >= 0.3 is 7.48 Å². The molecule has 5 heteroatoms. The second-order valence-corrected chi connectivity index (χ2v) is 11.7. The highest BCUT2D eigenvalue weighted by atomic mass is 32.1. The van der Waals surface area contributed by atoms with E-state index in [1.807, 2.05) is 67.5 Å². The summed E-state index contributed by atoms with van der Waals surface area (Å²) < 4.78 is 5.72. The number of hydrogen-bond donors (Lipinski definition) is 1. The molecule has 1 aliphatic carbocycles. The SMILES string of the molecule is CC1CC(=O)C1.Cc1cc([B]OC(C)(C)C(C)(C)S)ccc1C(C)(C)C(=O)C(C)C. The lowest BCUT2D eigenvalue weighted by atomic mass is 9.73. The third-order valence-corrected chi connectivity index (χ3v) is 6.72. The van der Waals surface area contributed by atoms with Gasteiger partial charge in [0.25, 0.3) is 0 Å². The Kier molecular flexibility index (Phi) is 9.02. The number of aryl methyl sites for hydroxylation is 1. The van der Waals surface area contributed by atoms with Crippen molar-refractivity contribution in [3.63, 3.8) is 0 Å². The number of rotatable bonds is 7. The van der Waals surface area contributed by atoms with Gasteiger partial charge in [0.15, 0.2) is 0 Å². The minimum Gasteiger partial charge on any atom is -0.428 e. The minimum atomic E-state index is -0.482. The molecule has 1 radical (unpaired) electrons. The van der Waals surface area contributed by atoms with E-state index in [0.29, 0.717) is 11.7 Å². The number of ketones is 2. The van der Waals surface area contributed by atoms with Crippen LogP contribution in [-0.2, 0) is 19.7 Å². The van der Waals surface area contributed by atoms with E-state index in [4.69, 9.17) is 4.65 Å². The number of carbonyl (C=O) groups excluding carboxylic acids is 2. The highest BCUT2D eigenvalue weighted by Gasteiger charge is 2.35. The highest BCUT2D eigenvalue weighted by molar-refractivity contribution is 7.81. The van der Waals surface area contributed by atoms with E-state index < -0.39 is 11.0 Å². The van der Waals surface area contributed by atoms with E-state index in [-0.39, 0.29) is 16.4 Å². The fourth-order valence-electron chi connectivity index (χ4n) is 3.39. The van der Waals surface area contributed by atoms with Crippen molar-refractivity contribution in [3.05, 3.63) is 29.3 Å². The van der Waals surface area contributed by atoms with Gasteiger partial charge in [-0.2, -0.15) is 12.6 Å². The summed E-state index contributed by atoms with van der Waals surface area (Å²) in [5.41, 5.74) is 2.30. The van der Waals surface area contributed by atoms with Gasteiger partial charge in [0.2, 0.25) is 0 Å². The Morgan fingerprint density at radius 1 is 1.13 bits per heavy atom. The smallest absolute Gasteiger partial charge is 0.330 e. The molecule has 1 fully saturated rings. The Morgan fingerprint density at radius 3 is 2.00 bits per heavy atom. The Labute approximate surface area is 190 Å². The van der Waals surface area contributed by atoms with Crippen molar-refractivity contribution in [2.75, 3.05) is 0 Å². The van der Waals surface area contributed by atoms with Crippen LogP contribution < -0.4 is 5.46 Å². The zero-order valence-corrected chi connectivity index (χ0v) is 21.4. The van der Waals surface area contributed by atoms with Gasteiger partial charge in [-0.25, -0.2) is 0 Å². The summed E-state index contributed by atoms with van der Waals surface area (Å²) in [5.74, 6) is 1.41. The predicted molar refractivity (Wildman–Crippen MR) is 131 cm³/mol. The maximum Gasteiger partial charge on any atom is 0.330 e. The molecule has 0 N–H and O–H groups in total. The van der Waals surface area contributed by atoms with Crippen molar-refractivity contribution in [1.29, 1.82) is 0 Å². The van der Waals surface area contributed by atoms with Crippen LogP contribution in [0.25, 0.3) is 0 Å². The molecule has 30 heavy (non-hydrogen) atoms. The predicted octanol–water partition coefficient (Wildman–Crippen LogP) is 5.23. The van der Waals surface area contributed by atoms with E-state index in [0.717, 1.165) is 29.4 Å². The number of thiol groups is 1. The van der Waals surface area contributed by atoms with Crippen LogP contribution in [0.4, 0.5) is 0 Å². The third kappa shape index (κ3) is 6.98. The molecule has 167 valence electrons. The summed E-state index contributed by atoms with van der Waals surface area (Å²) in [4.78, 5) is 22.6. The van der Waals surface area contributed by atoms with Crippen LogP contribution in [0.1, 0.15) is 86.3 Å². The van der Waals surface area contributed by atoms with E-state index >= 15 is 0 Å². The topological polar surface area (TPSA) is 43.4 Å². The van der Waals surface area contributed by atoms with Crippen molar-refractivity contribution >= 4 is 37.1 Å². The molecule has 0 spiro atoms. The van der Waals surface area contributed by atoms with Crippen molar-refractivity contribution in [1.82, 2.24) is 0 Å². The first-order valence-electron chi connectivity index (χ1n) is 10.9. The van der Waals surface area contributed by atoms with Gasteiger partial charge in [-0.15, -0.1) is 0 Å². The fourth-order valence-corrected chi connectivity index (χ4v) is 3.45. The van der Waals surface area contributed by atoms with Crippen molar-refractivity contribution < 1.29 is 14.2 Å². The van der Waals surface area contributed by atoms with E-state index in [2.05, 4.69) is 32.5 Å². The van der Waals surface area contributed by atoms with Crippen LogP contribution in [0.3, 0.4) is 0 Å². The van der Waals surface area contributed by atoms with Gasteiger partial charge in [0, 0.05) is 28.9 Å². The molecule has 1 aromatic carbocycles. The van der Waals surface area contributed by atoms with Crippen LogP contribution in [0, 0.1) is 18.8 Å². The monoisotopic (exact) mass is 431 g/mol. The van der Waals surface area contributed by atoms with Gasteiger partial charge in [-0.1, -0.05) is 44.4 Å². The summed E-state index contributed by atoms with van der Waals surface area (Å²) in [6.45, 7) is 20.2. The summed E-state index contributed by atoms with van der Waals surface area (Å²) >= 11 is 4.62. The molecular formula is C25H40BO3S. The number of Topliss-reactive ketones (excluding diaryl/α,β-unsaturated/α-hetero) is 2. The zero-order chi connectivity index (χ0) is 23.5. The third-order valence-electron chi connectivity index (χ3n) is 6.18. The summed E-state index contributed by atoms with van der Waals surface area (Å²) in [6.07, 6.45) is 1.67.